The topological polar surface area (TPSA) is 44.4 Å². The summed E-state index contributed by atoms with van der Waals surface area (Å²) in [6, 6.07) is -0.0788. The van der Waals surface area contributed by atoms with E-state index in [4.69, 9.17) is 12.2 Å². The average molecular weight is 201 g/mol. The van der Waals surface area contributed by atoms with Crippen LogP contribution in [0.15, 0.2) is 0 Å². The predicted octanol–water partition coefficient (Wildman–Crippen LogP) is -0.299. The molecule has 4 nitrogen and oxygen atoms in total. The van der Waals surface area contributed by atoms with Crippen LogP contribution >= 0.6 is 12.2 Å². The first-order chi connectivity index (χ1) is 6.20. The van der Waals surface area contributed by atoms with E-state index in [2.05, 4.69) is 10.6 Å². The van der Waals surface area contributed by atoms with Crippen molar-refractivity contribution in [3.8, 4) is 0 Å². The summed E-state index contributed by atoms with van der Waals surface area (Å²) in [7, 11) is 3.43. The van der Waals surface area contributed by atoms with Crippen molar-refractivity contribution in [2.24, 2.45) is 0 Å². The quantitative estimate of drug-likeness (QED) is 0.572. The standard InChI is InChI=1S/C8H15N3OS/c1-9-7(12)6-4-3-5-11(6)8(13)10-2/h6H,3-5H2,1-2H3,(H,9,12)(H,10,13). The van der Waals surface area contributed by atoms with E-state index in [9.17, 15) is 4.79 Å². The minimum absolute atomic E-state index is 0.0510. The molecule has 1 aliphatic rings. The Kier molecular flexibility index (Phi) is 3.48. The van der Waals surface area contributed by atoms with E-state index >= 15 is 0 Å². The highest BCUT2D eigenvalue weighted by atomic mass is 32.1. The fourth-order valence-corrected chi connectivity index (χ4v) is 1.81. The zero-order valence-electron chi connectivity index (χ0n) is 7.96. The Hall–Kier alpha value is -0.840. The molecule has 0 bridgehead atoms. The van der Waals surface area contributed by atoms with Crippen molar-refractivity contribution < 1.29 is 4.79 Å². The number of amides is 1. The van der Waals surface area contributed by atoms with Crippen molar-refractivity contribution in [1.29, 1.82) is 0 Å². The monoisotopic (exact) mass is 201 g/mol. The Bertz CT molecular complexity index is 197. The van der Waals surface area contributed by atoms with Gasteiger partial charge in [-0.1, -0.05) is 0 Å². The molecule has 0 aliphatic carbocycles. The van der Waals surface area contributed by atoms with E-state index in [1.54, 1.807) is 14.1 Å². The molecule has 13 heavy (non-hydrogen) atoms. The summed E-state index contributed by atoms with van der Waals surface area (Å²) in [6.07, 6.45) is 1.92. The second kappa shape index (κ2) is 4.41. The van der Waals surface area contributed by atoms with Gasteiger partial charge in [-0.15, -0.1) is 0 Å². The summed E-state index contributed by atoms with van der Waals surface area (Å²) in [5, 5.41) is 6.20. The molecule has 1 saturated heterocycles. The lowest BCUT2D eigenvalue weighted by Gasteiger charge is -2.25. The molecule has 1 aliphatic heterocycles. The molecule has 1 atom stereocenters. The zero-order valence-corrected chi connectivity index (χ0v) is 8.78. The van der Waals surface area contributed by atoms with E-state index in [0.717, 1.165) is 19.4 Å². The molecule has 0 aromatic heterocycles. The molecule has 1 heterocycles. The summed E-state index contributed by atoms with van der Waals surface area (Å²) in [6.45, 7) is 0.873. The number of nitrogens with one attached hydrogen (secondary N) is 2. The molecule has 0 aromatic rings. The maximum absolute atomic E-state index is 11.4. The van der Waals surface area contributed by atoms with E-state index in [0.29, 0.717) is 5.11 Å². The molecule has 1 unspecified atom stereocenters. The minimum atomic E-state index is -0.0788. The third-order valence-corrected chi connectivity index (χ3v) is 2.72. The maximum Gasteiger partial charge on any atom is 0.242 e. The normalized spacial score (nSPS) is 21.4. The van der Waals surface area contributed by atoms with Crippen molar-refractivity contribution in [3.63, 3.8) is 0 Å². The molecule has 2 N–H and O–H groups in total. The summed E-state index contributed by atoms with van der Waals surface area (Å²) in [4.78, 5) is 13.3. The van der Waals surface area contributed by atoms with Gasteiger partial charge in [0, 0.05) is 20.6 Å². The highest BCUT2D eigenvalue weighted by Gasteiger charge is 2.30. The highest BCUT2D eigenvalue weighted by molar-refractivity contribution is 7.80. The first kappa shape index (κ1) is 10.2. The van der Waals surface area contributed by atoms with Gasteiger partial charge in [-0.25, -0.2) is 0 Å². The maximum atomic E-state index is 11.4. The third kappa shape index (κ3) is 2.09. The van der Waals surface area contributed by atoms with E-state index < -0.39 is 0 Å². The second-order valence-corrected chi connectivity index (χ2v) is 3.41. The lowest BCUT2D eigenvalue weighted by Crippen LogP contribution is -2.47. The van der Waals surface area contributed by atoms with Crippen LogP contribution in [0.3, 0.4) is 0 Å². The fourth-order valence-electron chi connectivity index (χ4n) is 1.59. The van der Waals surface area contributed by atoms with Gasteiger partial charge in [0.15, 0.2) is 5.11 Å². The van der Waals surface area contributed by atoms with Gasteiger partial charge in [-0.2, -0.15) is 0 Å². The molecule has 0 spiro atoms. The van der Waals surface area contributed by atoms with Gasteiger partial charge in [0.25, 0.3) is 0 Å². The molecule has 1 rings (SSSR count). The summed E-state index contributed by atoms with van der Waals surface area (Å²) in [5.74, 6) is 0.0510. The molecular weight excluding hydrogens is 186 g/mol. The van der Waals surface area contributed by atoms with Gasteiger partial charge in [0.2, 0.25) is 5.91 Å². The number of hydrogen-bond donors (Lipinski definition) is 2. The number of carbonyl (C=O) groups excluding carboxylic acids is 1. The van der Waals surface area contributed by atoms with Gasteiger partial charge in [-0.3, -0.25) is 4.79 Å². The highest BCUT2D eigenvalue weighted by Crippen LogP contribution is 2.16. The smallest absolute Gasteiger partial charge is 0.242 e. The lowest BCUT2D eigenvalue weighted by atomic mass is 10.2. The molecule has 1 fully saturated rings. The van der Waals surface area contributed by atoms with E-state index in [-0.39, 0.29) is 11.9 Å². The van der Waals surface area contributed by atoms with Crippen molar-refractivity contribution in [1.82, 2.24) is 15.5 Å². The van der Waals surface area contributed by atoms with Crippen LogP contribution in [0.2, 0.25) is 0 Å². The summed E-state index contributed by atoms with van der Waals surface area (Å²) >= 11 is 5.09. The largest absolute Gasteiger partial charge is 0.366 e. The van der Waals surface area contributed by atoms with Crippen LogP contribution in [-0.2, 0) is 4.79 Å². The lowest BCUT2D eigenvalue weighted by molar-refractivity contribution is -0.123. The van der Waals surface area contributed by atoms with Crippen molar-refractivity contribution in [2.45, 2.75) is 18.9 Å². The van der Waals surface area contributed by atoms with Gasteiger partial charge in [0.1, 0.15) is 6.04 Å². The van der Waals surface area contributed by atoms with Crippen LogP contribution in [0, 0.1) is 0 Å². The van der Waals surface area contributed by atoms with Crippen LogP contribution in [0.1, 0.15) is 12.8 Å². The zero-order chi connectivity index (χ0) is 9.84. The Morgan fingerprint density at radius 1 is 1.46 bits per heavy atom. The Balaban J connectivity index is 2.63. The van der Waals surface area contributed by atoms with Crippen LogP contribution in [0.5, 0.6) is 0 Å². The van der Waals surface area contributed by atoms with Crippen molar-refractivity contribution in [3.05, 3.63) is 0 Å². The Morgan fingerprint density at radius 3 is 2.69 bits per heavy atom. The minimum Gasteiger partial charge on any atom is -0.366 e. The third-order valence-electron chi connectivity index (χ3n) is 2.28. The number of thiocarbonyl (C=S) groups is 1. The van der Waals surface area contributed by atoms with E-state index in [1.807, 2.05) is 4.90 Å². The number of rotatable bonds is 1. The first-order valence-electron chi connectivity index (χ1n) is 4.40. The number of nitrogens with zero attached hydrogens (tertiary/aromatic N) is 1. The summed E-state index contributed by atoms with van der Waals surface area (Å²) in [5.41, 5.74) is 0. The van der Waals surface area contributed by atoms with Gasteiger partial charge in [0.05, 0.1) is 0 Å². The number of likely N-dealkylation sites (N-methyl/N-ethyl adjacent to an activating group) is 1. The Labute approximate surface area is 83.7 Å². The molecule has 0 radical (unpaired) electrons. The van der Waals surface area contributed by atoms with Crippen LogP contribution < -0.4 is 10.6 Å². The van der Waals surface area contributed by atoms with Crippen molar-refractivity contribution >= 4 is 23.2 Å². The van der Waals surface area contributed by atoms with Crippen molar-refractivity contribution in [2.75, 3.05) is 20.6 Å². The molecule has 74 valence electrons. The molecule has 1 amide bonds. The second-order valence-electron chi connectivity index (χ2n) is 3.02. The Morgan fingerprint density at radius 2 is 2.15 bits per heavy atom. The first-order valence-corrected chi connectivity index (χ1v) is 4.81. The number of carbonyl (C=O) groups is 1. The van der Waals surface area contributed by atoms with Gasteiger partial charge < -0.3 is 15.5 Å². The predicted molar refractivity (Wildman–Crippen MR) is 55.5 cm³/mol. The number of hydrogen-bond acceptors (Lipinski definition) is 2. The average Bonchev–Trinajstić information content (AvgIpc) is 2.63. The molecule has 0 saturated carbocycles. The fraction of sp³-hybridized carbons (Fsp3) is 0.750. The molecule has 0 aromatic carbocycles. The SMILES string of the molecule is CNC(=O)C1CCCN1C(=S)NC. The van der Waals surface area contributed by atoms with Gasteiger partial charge in [-0.05, 0) is 25.1 Å². The van der Waals surface area contributed by atoms with E-state index in [1.165, 1.54) is 0 Å². The summed E-state index contributed by atoms with van der Waals surface area (Å²) < 4.78 is 0. The van der Waals surface area contributed by atoms with Crippen LogP contribution in [-0.4, -0.2) is 42.6 Å². The van der Waals surface area contributed by atoms with Crippen LogP contribution in [0.4, 0.5) is 0 Å². The molecule has 5 heteroatoms. The van der Waals surface area contributed by atoms with Crippen LogP contribution in [0.25, 0.3) is 0 Å². The number of likely N-dealkylation sites (tertiary alicyclic amines) is 1. The van der Waals surface area contributed by atoms with Gasteiger partial charge >= 0.3 is 0 Å². The molecular formula is C8H15N3OS.